The molecule has 0 aliphatic carbocycles. The zero-order valence-electron chi connectivity index (χ0n) is 15.2. The maximum absolute atomic E-state index is 5.82. The van der Waals surface area contributed by atoms with Gasteiger partial charge < -0.3 is 0 Å². The molecule has 0 aromatic rings. The second-order valence-corrected chi connectivity index (χ2v) is 26.0. The van der Waals surface area contributed by atoms with Gasteiger partial charge >= 0.3 is 134 Å². The molecule has 0 aliphatic rings. The summed E-state index contributed by atoms with van der Waals surface area (Å²) in [5.74, 6) is 0. The van der Waals surface area contributed by atoms with Crippen LogP contribution in [0.5, 0.6) is 0 Å². The molecule has 1 nitrogen and oxygen atoms in total. The standard InChI is InChI=1S/C5H13OSi.3C4H9.Sn/c1-5-7(3,4)6-2;3*1-3-4-2;/h1,5H2,2-4H3;3*1,3-4H2,2H3;. The summed E-state index contributed by atoms with van der Waals surface area (Å²) in [6, 6.07) is 1.43. The van der Waals surface area contributed by atoms with Crippen LogP contribution in [-0.2, 0) is 4.43 Å². The fourth-order valence-electron chi connectivity index (χ4n) is 3.07. The summed E-state index contributed by atoms with van der Waals surface area (Å²) < 4.78 is 12.4. The van der Waals surface area contributed by atoms with Crippen molar-refractivity contribution in [1.82, 2.24) is 0 Å². The summed E-state index contributed by atoms with van der Waals surface area (Å²) in [5, 5.41) is 0. The van der Waals surface area contributed by atoms with Crippen molar-refractivity contribution in [3.05, 3.63) is 0 Å². The van der Waals surface area contributed by atoms with Crippen LogP contribution < -0.4 is 0 Å². The van der Waals surface area contributed by atoms with Gasteiger partial charge in [-0.3, -0.25) is 0 Å². The first-order valence-corrected chi connectivity index (χ1v) is 20.2. The molecule has 20 heavy (non-hydrogen) atoms. The molecule has 0 amide bonds. The molecule has 0 unspecified atom stereocenters. The Bertz CT molecular complexity index is 209. The Kier molecular flexibility index (Phi) is 12.1. The van der Waals surface area contributed by atoms with Gasteiger partial charge in [-0.05, 0) is 0 Å². The molecular formula is C17H40OSiSn. The molecule has 0 bridgehead atoms. The zero-order valence-corrected chi connectivity index (χ0v) is 19.0. The molecule has 0 spiro atoms. The maximum atomic E-state index is 5.82. The molecule has 0 aromatic carbocycles. The van der Waals surface area contributed by atoms with Gasteiger partial charge in [-0.1, -0.05) is 0 Å². The van der Waals surface area contributed by atoms with Crippen molar-refractivity contribution >= 4 is 26.7 Å². The van der Waals surface area contributed by atoms with Crippen LogP contribution in [0.15, 0.2) is 0 Å². The van der Waals surface area contributed by atoms with Gasteiger partial charge in [0.25, 0.3) is 0 Å². The van der Waals surface area contributed by atoms with E-state index in [1.54, 1.807) is 17.7 Å². The van der Waals surface area contributed by atoms with E-state index in [0.29, 0.717) is 0 Å². The minimum atomic E-state index is -1.87. The summed E-state index contributed by atoms with van der Waals surface area (Å²) in [7, 11) is 0.586. The third-order valence-electron chi connectivity index (χ3n) is 4.99. The van der Waals surface area contributed by atoms with Gasteiger partial charge in [0.1, 0.15) is 0 Å². The molecule has 0 heterocycles. The van der Waals surface area contributed by atoms with Crippen molar-refractivity contribution in [3.8, 4) is 0 Å². The second-order valence-electron chi connectivity index (χ2n) is 7.27. The van der Waals surface area contributed by atoms with E-state index in [4.69, 9.17) is 4.43 Å². The Labute approximate surface area is 134 Å². The van der Waals surface area contributed by atoms with Gasteiger partial charge in [0.15, 0.2) is 0 Å². The topological polar surface area (TPSA) is 9.23 Å². The van der Waals surface area contributed by atoms with Crippen LogP contribution in [0.25, 0.3) is 0 Å². The Morgan fingerprint density at radius 2 is 1.15 bits per heavy atom. The van der Waals surface area contributed by atoms with Crippen LogP contribution in [-0.4, -0.2) is 33.8 Å². The van der Waals surface area contributed by atoms with Crippen LogP contribution >= 0.6 is 0 Å². The first-order valence-electron chi connectivity index (χ1n) is 9.00. The number of hydrogen-bond acceptors (Lipinski definition) is 1. The van der Waals surface area contributed by atoms with Gasteiger partial charge in [0.05, 0.1) is 0 Å². The van der Waals surface area contributed by atoms with Crippen LogP contribution in [0.1, 0.15) is 59.3 Å². The Morgan fingerprint density at radius 1 is 0.750 bits per heavy atom. The average molecular weight is 407 g/mol. The van der Waals surface area contributed by atoms with Crippen LogP contribution in [0.2, 0.25) is 36.9 Å². The summed E-state index contributed by atoms with van der Waals surface area (Å²) in [6.45, 7) is 11.9. The van der Waals surface area contributed by atoms with E-state index < -0.39 is 26.7 Å². The zero-order chi connectivity index (χ0) is 15.5. The molecule has 3 heteroatoms. The second kappa shape index (κ2) is 11.5. The van der Waals surface area contributed by atoms with Gasteiger partial charge in [0.2, 0.25) is 0 Å². The summed E-state index contributed by atoms with van der Waals surface area (Å²) in [5.41, 5.74) is 0. The van der Waals surface area contributed by atoms with Crippen molar-refractivity contribution in [2.75, 3.05) is 7.11 Å². The summed E-state index contributed by atoms with van der Waals surface area (Å²) in [6.07, 6.45) is 8.67. The average Bonchev–Trinajstić information content (AvgIpc) is 2.46. The molecule has 0 rings (SSSR count). The van der Waals surface area contributed by atoms with E-state index in [9.17, 15) is 0 Å². The van der Waals surface area contributed by atoms with E-state index >= 15 is 0 Å². The van der Waals surface area contributed by atoms with E-state index in [1.165, 1.54) is 44.6 Å². The van der Waals surface area contributed by atoms with E-state index in [-0.39, 0.29) is 0 Å². The number of rotatable bonds is 13. The van der Waals surface area contributed by atoms with Crippen molar-refractivity contribution < 1.29 is 4.43 Å². The molecule has 0 radical (unpaired) electrons. The first-order chi connectivity index (χ1) is 9.45. The molecule has 0 atom stereocenters. The fraction of sp³-hybridized carbons (Fsp3) is 1.00. The van der Waals surface area contributed by atoms with Crippen molar-refractivity contribution in [2.45, 2.75) is 96.2 Å². The van der Waals surface area contributed by atoms with Crippen molar-refractivity contribution in [1.29, 1.82) is 0 Å². The molecule has 0 saturated heterocycles. The molecule has 0 saturated carbocycles. The third kappa shape index (κ3) is 9.09. The SMILES string of the molecule is CCC[CH2][Sn]([CH2]CCC)([CH2]CCC)[CH2]C[Si](C)(C)OC. The normalized spacial score (nSPS) is 12.9. The predicted octanol–water partition coefficient (Wildman–Crippen LogP) is 6.69. The molecule has 0 aromatic heterocycles. The fourth-order valence-corrected chi connectivity index (χ4v) is 27.8. The molecule has 0 aliphatic heterocycles. The molecular weight excluding hydrogens is 367 g/mol. The number of hydrogen-bond donors (Lipinski definition) is 0. The van der Waals surface area contributed by atoms with Crippen molar-refractivity contribution in [2.24, 2.45) is 0 Å². The van der Waals surface area contributed by atoms with Crippen LogP contribution in [0.4, 0.5) is 0 Å². The van der Waals surface area contributed by atoms with Crippen LogP contribution in [0.3, 0.4) is 0 Å². The molecule has 0 N–H and O–H groups in total. The number of unbranched alkanes of at least 4 members (excludes halogenated alkanes) is 3. The minimum absolute atomic E-state index is 1.35. The van der Waals surface area contributed by atoms with Crippen molar-refractivity contribution in [3.63, 3.8) is 0 Å². The Balaban J connectivity index is 4.74. The first kappa shape index (κ1) is 21.0. The quantitative estimate of drug-likeness (QED) is 0.309. The van der Waals surface area contributed by atoms with Crippen LogP contribution in [0, 0.1) is 0 Å². The summed E-state index contributed by atoms with van der Waals surface area (Å²) >= 11 is -1.87. The van der Waals surface area contributed by atoms with Gasteiger partial charge in [0, 0.05) is 0 Å². The van der Waals surface area contributed by atoms with Gasteiger partial charge in [-0.25, -0.2) is 0 Å². The third-order valence-corrected chi connectivity index (χ3v) is 24.8. The Morgan fingerprint density at radius 3 is 1.45 bits per heavy atom. The predicted molar refractivity (Wildman–Crippen MR) is 99.0 cm³/mol. The van der Waals surface area contributed by atoms with E-state index in [0.717, 1.165) is 0 Å². The Hall–Kier alpha value is 0.976. The molecule has 0 fully saturated rings. The van der Waals surface area contributed by atoms with E-state index in [1.807, 2.05) is 7.11 Å². The summed E-state index contributed by atoms with van der Waals surface area (Å²) in [4.78, 5) is 0. The van der Waals surface area contributed by atoms with Gasteiger partial charge in [-0.2, -0.15) is 0 Å². The molecule has 122 valence electrons. The van der Waals surface area contributed by atoms with E-state index in [2.05, 4.69) is 33.9 Å². The monoisotopic (exact) mass is 408 g/mol. The van der Waals surface area contributed by atoms with Gasteiger partial charge in [-0.15, -0.1) is 0 Å².